The van der Waals surface area contributed by atoms with Crippen LogP contribution in [0.15, 0.2) is 0 Å². The highest BCUT2D eigenvalue weighted by Crippen LogP contribution is 2.27. The second kappa shape index (κ2) is 6.41. The van der Waals surface area contributed by atoms with Crippen LogP contribution in [0.1, 0.15) is 6.92 Å². The molecule has 2 aliphatic heterocycles. The highest BCUT2D eigenvalue weighted by atomic mass is 32.2. The number of sulfone groups is 1. The lowest BCUT2D eigenvalue weighted by atomic mass is 10.0. The summed E-state index contributed by atoms with van der Waals surface area (Å²) in [6.45, 7) is 3.28. The number of carbonyl (C=O) groups excluding carboxylic acids is 2. The molecule has 22 heavy (non-hydrogen) atoms. The average molecular weight is 332 g/mol. The van der Waals surface area contributed by atoms with Gasteiger partial charge in [0.25, 0.3) is 0 Å². The lowest BCUT2D eigenvalue weighted by Crippen LogP contribution is -2.64. The van der Waals surface area contributed by atoms with E-state index in [9.17, 15) is 18.0 Å². The van der Waals surface area contributed by atoms with Crippen LogP contribution in [0.4, 0.5) is 4.79 Å². The lowest BCUT2D eigenvalue weighted by molar-refractivity contribution is -0.136. The summed E-state index contributed by atoms with van der Waals surface area (Å²) in [4.78, 5) is 29.4. The number of hydrogen-bond donors (Lipinski definition) is 1. The molecule has 0 aromatic rings. The molecule has 2 aliphatic rings. The molecule has 2 heterocycles. The van der Waals surface area contributed by atoms with Crippen molar-refractivity contribution in [3.05, 3.63) is 0 Å². The summed E-state index contributed by atoms with van der Waals surface area (Å²) < 4.78 is 24.0. The number of piperazine rings is 1. The fourth-order valence-electron chi connectivity index (χ4n) is 3.13. The van der Waals surface area contributed by atoms with Gasteiger partial charge in [0.2, 0.25) is 5.91 Å². The molecule has 0 spiro atoms. The van der Waals surface area contributed by atoms with Crippen molar-refractivity contribution in [2.45, 2.75) is 19.0 Å². The minimum Gasteiger partial charge on any atom is -0.338 e. The van der Waals surface area contributed by atoms with Crippen LogP contribution in [0, 0.1) is 0 Å². The normalized spacial score (nSPS) is 26.9. The maximum Gasteiger partial charge on any atom is 0.317 e. The number of urea groups is 1. The Bertz CT molecular complexity index is 548. The first-order chi connectivity index (χ1) is 10.2. The second-order valence-corrected chi connectivity index (χ2v) is 8.22. The van der Waals surface area contributed by atoms with Gasteiger partial charge in [-0.3, -0.25) is 4.79 Å². The molecule has 0 bridgehead atoms. The maximum absolute atomic E-state index is 12.3. The summed E-state index contributed by atoms with van der Waals surface area (Å²) in [5, 5.41) is 2.71. The molecule has 2 rings (SSSR count). The predicted molar refractivity (Wildman–Crippen MR) is 82.3 cm³/mol. The number of rotatable bonds is 3. The zero-order chi connectivity index (χ0) is 16.5. The topological polar surface area (TPSA) is 90.0 Å². The number of nitrogens with zero attached hydrogens (tertiary/aromatic N) is 3. The van der Waals surface area contributed by atoms with Crippen LogP contribution < -0.4 is 5.32 Å². The molecule has 0 aromatic heterocycles. The molecule has 0 aliphatic carbocycles. The van der Waals surface area contributed by atoms with Crippen LogP contribution in [-0.4, -0.2) is 98.9 Å². The van der Waals surface area contributed by atoms with Gasteiger partial charge in [0, 0.05) is 19.6 Å². The Balaban J connectivity index is 2.20. The third-order valence-electron chi connectivity index (χ3n) is 4.04. The first kappa shape index (κ1) is 17.0. The van der Waals surface area contributed by atoms with Crippen molar-refractivity contribution >= 4 is 21.8 Å². The molecule has 0 radical (unpaired) electrons. The molecule has 2 saturated heterocycles. The maximum atomic E-state index is 12.3. The molecule has 126 valence electrons. The summed E-state index contributed by atoms with van der Waals surface area (Å²) in [7, 11) is 0.360. The van der Waals surface area contributed by atoms with Gasteiger partial charge in [0.15, 0.2) is 9.84 Å². The Hall–Kier alpha value is -1.35. The molecule has 8 nitrogen and oxygen atoms in total. The van der Waals surface area contributed by atoms with E-state index in [-0.39, 0.29) is 30.0 Å². The van der Waals surface area contributed by atoms with E-state index in [1.165, 1.54) is 0 Å². The van der Waals surface area contributed by atoms with Gasteiger partial charge in [0.1, 0.15) is 0 Å². The van der Waals surface area contributed by atoms with Crippen molar-refractivity contribution < 1.29 is 18.0 Å². The van der Waals surface area contributed by atoms with Crippen LogP contribution in [0.25, 0.3) is 0 Å². The highest BCUT2D eigenvalue weighted by molar-refractivity contribution is 7.91. The molecule has 0 aromatic carbocycles. The summed E-state index contributed by atoms with van der Waals surface area (Å²) >= 11 is 0. The van der Waals surface area contributed by atoms with Crippen molar-refractivity contribution in [3.8, 4) is 0 Å². The smallest absolute Gasteiger partial charge is 0.317 e. The Kier molecular flexibility index (Phi) is 4.96. The van der Waals surface area contributed by atoms with E-state index in [1.807, 2.05) is 6.92 Å². The van der Waals surface area contributed by atoms with Crippen LogP contribution in [-0.2, 0) is 14.6 Å². The molecular weight excluding hydrogens is 308 g/mol. The van der Waals surface area contributed by atoms with Crippen molar-refractivity contribution in [2.24, 2.45) is 0 Å². The van der Waals surface area contributed by atoms with Gasteiger partial charge < -0.3 is 20.0 Å². The Morgan fingerprint density at radius 2 is 1.68 bits per heavy atom. The van der Waals surface area contributed by atoms with Gasteiger partial charge in [-0.05, 0) is 21.0 Å². The number of likely N-dealkylation sites (N-methyl/N-ethyl adjacent to an activating group) is 1. The molecule has 1 N–H and O–H groups in total. The quantitative estimate of drug-likeness (QED) is 0.686. The van der Waals surface area contributed by atoms with Crippen LogP contribution in [0.5, 0.6) is 0 Å². The zero-order valence-corrected chi connectivity index (χ0v) is 14.1. The van der Waals surface area contributed by atoms with Gasteiger partial charge in [-0.15, -0.1) is 0 Å². The van der Waals surface area contributed by atoms with Gasteiger partial charge in [-0.25, -0.2) is 13.2 Å². The van der Waals surface area contributed by atoms with Crippen molar-refractivity contribution in [2.75, 3.05) is 51.8 Å². The SMILES string of the molecule is CCNC(=O)N1CCN(C(=O)CN(C)C)[C@H]2CS(=O)(=O)C[C@H]21. The highest BCUT2D eigenvalue weighted by Gasteiger charge is 2.49. The van der Waals surface area contributed by atoms with E-state index in [1.54, 1.807) is 28.8 Å². The minimum atomic E-state index is -3.23. The fraction of sp³-hybridized carbons (Fsp3) is 0.846. The first-order valence-corrected chi connectivity index (χ1v) is 9.26. The lowest BCUT2D eigenvalue weighted by Gasteiger charge is -2.44. The van der Waals surface area contributed by atoms with E-state index < -0.39 is 21.9 Å². The molecule has 9 heteroatoms. The van der Waals surface area contributed by atoms with E-state index in [2.05, 4.69) is 5.32 Å². The van der Waals surface area contributed by atoms with Crippen molar-refractivity contribution in [3.63, 3.8) is 0 Å². The fourth-order valence-corrected chi connectivity index (χ4v) is 5.11. The third-order valence-corrected chi connectivity index (χ3v) is 5.74. The predicted octanol–water partition coefficient (Wildman–Crippen LogP) is -1.41. The number of amides is 3. The molecule has 0 unspecified atom stereocenters. The minimum absolute atomic E-state index is 0.0628. The zero-order valence-electron chi connectivity index (χ0n) is 13.3. The standard InChI is InChI=1S/C13H24N4O4S/c1-4-14-13(19)17-6-5-16(12(18)7-15(2)3)10-8-22(20,21)9-11(10)17/h10-11H,4-9H2,1-3H3,(H,14,19)/t10-,11+/m0/s1. The van der Waals surface area contributed by atoms with E-state index in [4.69, 9.17) is 0 Å². The number of hydrogen-bond acceptors (Lipinski definition) is 5. The van der Waals surface area contributed by atoms with Crippen molar-refractivity contribution in [1.29, 1.82) is 0 Å². The second-order valence-electron chi connectivity index (χ2n) is 6.07. The summed E-state index contributed by atoms with van der Waals surface area (Å²) in [5.74, 6) is -0.222. The summed E-state index contributed by atoms with van der Waals surface area (Å²) in [6, 6.07) is -1.14. The van der Waals surface area contributed by atoms with Crippen LogP contribution in [0.3, 0.4) is 0 Å². The summed E-state index contributed by atoms with van der Waals surface area (Å²) in [6.07, 6.45) is 0. The molecular formula is C13H24N4O4S. The Morgan fingerprint density at radius 1 is 1.14 bits per heavy atom. The van der Waals surface area contributed by atoms with Gasteiger partial charge in [-0.1, -0.05) is 0 Å². The number of carbonyl (C=O) groups is 2. The average Bonchev–Trinajstić information content (AvgIpc) is 2.71. The Morgan fingerprint density at radius 3 is 2.23 bits per heavy atom. The van der Waals surface area contributed by atoms with Gasteiger partial charge in [-0.2, -0.15) is 0 Å². The third kappa shape index (κ3) is 3.52. The molecule has 0 saturated carbocycles. The van der Waals surface area contributed by atoms with Crippen LogP contribution in [0.2, 0.25) is 0 Å². The molecule has 3 amide bonds. The first-order valence-electron chi connectivity index (χ1n) is 7.44. The van der Waals surface area contributed by atoms with Gasteiger partial charge in [0.05, 0.1) is 30.1 Å². The number of nitrogens with one attached hydrogen (secondary N) is 1. The van der Waals surface area contributed by atoms with Gasteiger partial charge >= 0.3 is 6.03 Å². The van der Waals surface area contributed by atoms with E-state index in [0.29, 0.717) is 19.6 Å². The van der Waals surface area contributed by atoms with E-state index >= 15 is 0 Å². The van der Waals surface area contributed by atoms with Crippen LogP contribution >= 0.6 is 0 Å². The number of fused-ring (bicyclic) bond motifs is 1. The van der Waals surface area contributed by atoms with E-state index in [0.717, 1.165) is 0 Å². The van der Waals surface area contributed by atoms with Crippen molar-refractivity contribution in [1.82, 2.24) is 20.0 Å². The molecule has 2 fully saturated rings. The largest absolute Gasteiger partial charge is 0.338 e. The monoisotopic (exact) mass is 332 g/mol. The Labute approximate surface area is 131 Å². The molecule has 2 atom stereocenters. The summed E-state index contributed by atoms with van der Waals surface area (Å²) in [5.41, 5.74) is 0.